The molecule has 170 valence electrons. The number of fused-ring (bicyclic) bond motifs is 2. The summed E-state index contributed by atoms with van der Waals surface area (Å²) < 4.78 is 7.15. The second-order valence-corrected chi connectivity index (χ2v) is 8.64. The number of rotatable bonds is 8. The van der Waals surface area contributed by atoms with Crippen molar-refractivity contribution in [3.8, 4) is 0 Å². The number of para-hydroxylation sites is 2. The lowest BCUT2D eigenvalue weighted by Gasteiger charge is -2.35. The largest absolute Gasteiger partial charge is 0.446 e. The van der Waals surface area contributed by atoms with Crippen molar-refractivity contribution in [2.45, 2.75) is 64.6 Å². The first kappa shape index (κ1) is 22.4. The maximum absolute atomic E-state index is 13.0. The van der Waals surface area contributed by atoms with Crippen LogP contribution in [0.25, 0.3) is 11.0 Å². The van der Waals surface area contributed by atoms with E-state index < -0.39 is 6.09 Å². The van der Waals surface area contributed by atoms with Gasteiger partial charge in [0.15, 0.2) is 0 Å². The van der Waals surface area contributed by atoms with Crippen LogP contribution in [0.2, 0.25) is 0 Å². The van der Waals surface area contributed by atoms with Crippen LogP contribution in [0.3, 0.4) is 0 Å². The van der Waals surface area contributed by atoms with E-state index in [0.29, 0.717) is 12.4 Å². The second kappa shape index (κ2) is 10.2. The van der Waals surface area contributed by atoms with Crippen LogP contribution in [-0.2, 0) is 17.7 Å². The number of carbonyl (C=O) groups excluding carboxylic acids is 1. The molecule has 1 unspecified atom stereocenters. The van der Waals surface area contributed by atoms with Gasteiger partial charge in [-0.15, -0.1) is 0 Å². The Hall–Kier alpha value is -2.77. The molecule has 0 saturated carbocycles. The Morgan fingerprint density at radius 3 is 2.91 bits per heavy atom. The molecule has 0 radical (unpaired) electrons. The normalized spacial score (nSPS) is 16.0. The molecular formula is C25H32N4O3. The minimum absolute atomic E-state index is 0.160. The van der Waals surface area contributed by atoms with Gasteiger partial charge in [-0.3, -0.25) is 9.88 Å². The fourth-order valence-electron chi connectivity index (χ4n) is 4.53. The van der Waals surface area contributed by atoms with Crippen molar-refractivity contribution >= 4 is 17.1 Å². The number of benzene rings is 1. The van der Waals surface area contributed by atoms with Gasteiger partial charge >= 0.3 is 6.09 Å². The highest BCUT2D eigenvalue weighted by Gasteiger charge is 2.29. The monoisotopic (exact) mass is 436 g/mol. The highest BCUT2D eigenvalue weighted by molar-refractivity contribution is 5.87. The number of pyridine rings is 1. The van der Waals surface area contributed by atoms with Crippen molar-refractivity contribution in [1.29, 1.82) is 0 Å². The first-order chi connectivity index (χ1) is 15.6. The van der Waals surface area contributed by atoms with Crippen LogP contribution in [0.1, 0.15) is 62.7 Å². The summed E-state index contributed by atoms with van der Waals surface area (Å²) in [4.78, 5) is 24.9. The van der Waals surface area contributed by atoms with Gasteiger partial charge in [0.05, 0.1) is 35.4 Å². The van der Waals surface area contributed by atoms with Crippen molar-refractivity contribution in [3.63, 3.8) is 0 Å². The zero-order chi connectivity index (χ0) is 22.5. The molecule has 0 spiro atoms. The Balaban J connectivity index is 1.70. The fourth-order valence-corrected chi connectivity index (χ4v) is 4.53. The lowest BCUT2D eigenvalue weighted by molar-refractivity contribution is 0.114. The molecular weight excluding hydrogens is 404 g/mol. The van der Waals surface area contributed by atoms with E-state index >= 15 is 0 Å². The van der Waals surface area contributed by atoms with Crippen LogP contribution in [-0.4, -0.2) is 49.9 Å². The van der Waals surface area contributed by atoms with Gasteiger partial charge in [0, 0.05) is 12.8 Å². The Morgan fingerprint density at radius 2 is 2.09 bits per heavy atom. The first-order valence-electron chi connectivity index (χ1n) is 11.5. The summed E-state index contributed by atoms with van der Waals surface area (Å²) in [6, 6.07) is 12.0. The van der Waals surface area contributed by atoms with Crippen molar-refractivity contribution in [2.75, 3.05) is 13.2 Å². The van der Waals surface area contributed by atoms with E-state index in [1.165, 1.54) is 5.56 Å². The lowest BCUT2D eigenvalue weighted by atomic mass is 9.90. The van der Waals surface area contributed by atoms with E-state index in [-0.39, 0.29) is 18.8 Å². The quantitative estimate of drug-likeness (QED) is 0.525. The SMILES string of the molecule is CC(C)OC(=O)n1c(CN(CCCCO)C2CCCc3cccnc32)nc2ccccc21. The van der Waals surface area contributed by atoms with Crippen LogP contribution in [0, 0.1) is 0 Å². The van der Waals surface area contributed by atoms with Gasteiger partial charge in [-0.1, -0.05) is 18.2 Å². The van der Waals surface area contributed by atoms with E-state index in [0.717, 1.165) is 55.4 Å². The Morgan fingerprint density at radius 1 is 1.25 bits per heavy atom. The van der Waals surface area contributed by atoms with Gasteiger partial charge in [-0.05, 0) is 76.3 Å². The molecule has 1 aliphatic carbocycles. The third kappa shape index (κ3) is 4.84. The number of nitrogens with zero attached hydrogens (tertiary/aromatic N) is 4. The molecule has 2 aromatic heterocycles. The number of carbonyl (C=O) groups is 1. The number of aryl methyl sites for hydroxylation is 1. The second-order valence-electron chi connectivity index (χ2n) is 8.64. The third-order valence-corrected chi connectivity index (χ3v) is 5.95. The molecule has 0 aliphatic heterocycles. The van der Waals surface area contributed by atoms with Crippen molar-refractivity contribution in [2.24, 2.45) is 0 Å². The summed E-state index contributed by atoms with van der Waals surface area (Å²) in [5.41, 5.74) is 3.95. The number of hydrogen-bond acceptors (Lipinski definition) is 6. The molecule has 7 nitrogen and oxygen atoms in total. The number of aliphatic hydroxyl groups is 1. The van der Waals surface area contributed by atoms with Gasteiger partial charge in [0.2, 0.25) is 0 Å². The van der Waals surface area contributed by atoms with E-state index in [2.05, 4.69) is 11.0 Å². The van der Waals surface area contributed by atoms with E-state index in [9.17, 15) is 9.90 Å². The zero-order valence-electron chi connectivity index (χ0n) is 18.9. The molecule has 2 heterocycles. The summed E-state index contributed by atoms with van der Waals surface area (Å²) >= 11 is 0. The van der Waals surface area contributed by atoms with Gasteiger partial charge in [0.25, 0.3) is 0 Å². The van der Waals surface area contributed by atoms with E-state index in [4.69, 9.17) is 14.7 Å². The summed E-state index contributed by atoms with van der Waals surface area (Å²) in [5.74, 6) is 0.670. The predicted molar refractivity (Wildman–Crippen MR) is 123 cm³/mol. The van der Waals surface area contributed by atoms with Crippen molar-refractivity contribution in [3.05, 3.63) is 59.7 Å². The summed E-state index contributed by atoms with van der Waals surface area (Å²) in [7, 11) is 0. The molecule has 0 fully saturated rings. The standard InChI is InChI=1S/C25H32N4O3/c1-18(2)32-25(31)29-21-12-4-3-11-20(21)27-23(29)17-28(15-5-6-16-30)22-13-7-9-19-10-8-14-26-24(19)22/h3-4,8,10-12,14,18,22,30H,5-7,9,13,15-17H2,1-2H3. The predicted octanol–water partition coefficient (Wildman–Crippen LogP) is 4.48. The van der Waals surface area contributed by atoms with Gasteiger partial charge in [-0.25, -0.2) is 14.3 Å². The van der Waals surface area contributed by atoms with Crippen LogP contribution in [0.5, 0.6) is 0 Å². The van der Waals surface area contributed by atoms with Crippen LogP contribution >= 0.6 is 0 Å². The topological polar surface area (TPSA) is 80.5 Å². The van der Waals surface area contributed by atoms with Crippen LogP contribution < -0.4 is 0 Å². The van der Waals surface area contributed by atoms with Gasteiger partial charge in [0.1, 0.15) is 5.82 Å². The molecule has 3 aromatic rings. The molecule has 0 amide bonds. The maximum atomic E-state index is 13.0. The fraction of sp³-hybridized carbons (Fsp3) is 0.480. The molecule has 7 heteroatoms. The summed E-state index contributed by atoms with van der Waals surface area (Å²) in [5, 5.41) is 9.32. The number of unbranched alkanes of at least 4 members (excludes halogenated alkanes) is 1. The number of imidazole rings is 1. The molecule has 4 rings (SSSR count). The minimum Gasteiger partial charge on any atom is -0.446 e. The van der Waals surface area contributed by atoms with Crippen LogP contribution in [0.4, 0.5) is 4.79 Å². The smallest absolute Gasteiger partial charge is 0.420 e. The Kier molecular flexibility index (Phi) is 7.17. The highest BCUT2D eigenvalue weighted by Crippen LogP contribution is 2.34. The van der Waals surface area contributed by atoms with Crippen molar-refractivity contribution in [1.82, 2.24) is 19.4 Å². The first-order valence-corrected chi connectivity index (χ1v) is 11.5. The summed E-state index contributed by atoms with van der Waals surface area (Å²) in [6.45, 7) is 5.18. The molecule has 1 atom stereocenters. The molecule has 1 N–H and O–H groups in total. The van der Waals surface area contributed by atoms with Crippen LogP contribution in [0.15, 0.2) is 42.6 Å². The lowest BCUT2D eigenvalue weighted by Crippen LogP contribution is -2.34. The molecule has 0 bridgehead atoms. The third-order valence-electron chi connectivity index (χ3n) is 5.95. The Bertz CT molecular complexity index is 1060. The Labute approximate surface area is 189 Å². The number of hydrogen-bond donors (Lipinski definition) is 1. The van der Waals surface area contributed by atoms with E-state index in [1.54, 1.807) is 4.57 Å². The number of aromatic nitrogens is 3. The molecule has 1 aliphatic rings. The molecule has 0 saturated heterocycles. The average Bonchev–Trinajstić information content (AvgIpc) is 3.16. The van der Waals surface area contributed by atoms with E-state index in [1.807, 2.05) is 50.4 Å². The average molecular weight is 437 g/mol. The maximum Gasteiger partial charge on any atom is 0.420 e. The summed E-state index contributed by atoms with van der Waals surface area (Å²) in [6.07, 6.45) is 6.01. The minimum atomic E-state index is -0.402. The highest BCUT2D eigenvalue weighted by atomic mass is 16.6. The number of ether oxygens (including phenoxy) is 1. The number of aliphatic hydroxyl groups excluding tert-OH is 1. The molecule has 32 heavy (non-hydrogen) atoms. The zero-order valence-corrected chi connectivity index (χ0v) is 18.9. The molecule has 1 aromatic carbocycles. The van der Waals surface area contributed by atoms with Crippen molar-refractivity contribution < 1.29 is 14.6 Å². The van der Waals surface area contributed by atoms with Gasteiger partial charge < -0.3 is 9.84 Å². The van der Waals surface area contributed by atoms with Gasteiger partial charge in [-0.2, -0.15) is 0 Å².